The Hall–Kier alpha value is -1.96. The lowest BCUT2D eigenvalue weighted by Crippen LogP contribution is -2.43. The number of fused-ring (bicyclic) bond motifs is 1. The van der Waals surface area contributed by atoms with Gasteiger partial charge in [-0.2, -0.15) is 0 Å². The minimum Gasteiger partial charge on any atom is -0.479 e. The Morgan fingerprint density at radius 2 is 2.11 bits per heavy atom. The highest BCUT2D eigenvalue weighted by Gasteiger charge is 2.37. The number of ether oxygens (including phenoxy) is 1. The third kappa shape index (κ3) is 2.19. The van der Waals surface area contributed by atoms with Crippen molar-refractivity contribution in [2.75, 3.05) is 6.54 Å². The van der Waals surface area contributed by atoms with Gasteiger partial charge in [0.25, 0.3) is 5.91 Å². The highest BCUT2D eigenvalue weighted by molar-refractivity contribution is 5.82. The summed E-state index contributed by atoms with van der Waals surface area (Å²) in [4.78, 5) is 24.7. The largest absolute Gasteiger partial charge is 0.479 e. The van der Waals surface area contributed by atoms with Crippen molar-refractivity contribution >= 4 is 11.9 Å². The van der Waals surface area contributed by atoms with E-state index in [-0.39, 0.29) is 5.91 Å². The summed E-state index contributed by atoms with van der Waals surface area (Å²) in [7, 11) is 0. The van der Waals surface area contributed by atoms with Gasteiger partial charge in [0, 0.05) is 13.1 Å². The first-order chi connectivity index (χ1) is 9.15. The van der Waals surface area contributed by atoms with Crippen LogP contribution in [-0.4, -0.2) is 55.4 Å². The van der Waals surface area contributed by atoms with Crippen LogP contribution >= 0.6 is 0 Å². The van der Waals surface area contributed by atoms with E-state index in [0.29, 0.717) is 32.5 Å². The number of hydrogen-bond donors (Lipinski definition) is 1. The van der Waals surface area contributed by atoms with Gasteiger partial charge in [-0.05, 0) is 12.8 Å². The van der Waals surface area contributed by atoms with Crippen molar-refractivity contribution in [2.45, 2.75) is 38.1 Å². The van der Waals surface area contributed by atoms with Gasteiger partial charge < -0.3 is 19.3 Å². The minimum absolute atomic E-state index is 0.155. The van der Waals surface area contributed by atoms with E-state index in [1.807, 2.05) is 4.57 Å². The van der Waals surface area contributed by atoms with Crippen LogP contribution in [0.3, 0.4) is 0 Å². The zero-order valence-corrected chi connectivity index (χ0v) is 10.2. The summed E-state index contributed by atoms with van der Waals surface area (Å²) in [5.41, 5.74) is 0. The quantitative estimate of drug-likeness (QED) is 0.756. The Morgan fingerprint density at radius 3 is 2.84 bits per heavy atom. The van der Waals surface area contributed by atoms with Crippen LogP contribution in [-0.2, 0) is 27.4 Å². The van der Waals surface area contributed by atoms with E-state index in [9.17, 15) is 9.59 Å². The number of carboxylic acid groups (broad SMARTS) is 1. The average Bonchev–Trinajstić information content (AvgIpc) is 3.06. The molecule has 19 heavy (non-hydrogen) atoms. The van der Waals surface area contributed by atoms with E-state index in [1.54, 1.807) is 11.2 Å². The van der Waals surface area contributed by atoms with E-state index >= 15 is 0 Å². The van der Waals surface area contributed by atoms with Gasteiger partial charge in [0.05, 0.1) is 6.54 Å². The molecule has 8 heteroatoms. The molecule has 2 atom stereocenters. The van der Waals surface area contributed by atoms with Crippen LogP contribution < -0.4 is 0 Å². The number of nitrogens with zero attached hydrogens (tertiary/aromatic N) is 4. The van der Waals surface area contributed by atoms with Crippen molar-refractivity contribution in [3.05, 3.63) is 12.2 Å². The Morgan fingerprint density at radius 1 is 1.32 bits per heavy atom. The van der Waals surface area contributed by atoms with Crippen molar-refractivity contribution in [3.8, 4) is 0 Å². The first-order valence-electron chi connectivity index (χ1n) is 6.19. The lowest BCUT2D eigenvalue weighted by Gasteiger charge is -2.29. The molecule has 1 saturated heterocycles. The minimum atomic E-state index is -1.01. The summed E-state index contributed by atoms with van der Waals surface area (Å²) in [6.45, 7) is 1.63. The van der Waals surface area contributed by atoms with Gasteiger partial charge in [-0.15, -0.1) is 10.2 Å². The predicted molar refractivity (Wildman–Crippen MR) is 61.0 cm³/mol. The zero-order valence-electron chi connectivity index (χ0n) is 10.2. The fourth-order valence-corrected chi connectivity index (χ4v) is 2.46. The Balaban J connectivity index is 1.65. The Bertz CT molecular complexity index is 515. The lowest BCUT2D eigenvalue weighted by molar-refractivity contribution is -0.155. The van der Waals surface area contributed by atoms with Crippen LogP contribution in [0.15, 0.2) is 6.33 Å². The number of carbonyl (C=O) groups is 2. The fraction of sp³-hybridized carbons (Fsp3) is 0.636. The van der Waals surface area contributed by atoms with Gasteiger partial charge in [0.15, 0.2) is 11.9 Å². The van der Waals surface area contributed by atoms with E-state index < -0.39 is 18.2 Å². The summed E-state index contributed by atoms with van der Waals surface area (Å²) in [5, 5.41) is 16.6. The van der Waals surface area contributed by atoms with Crippen LogP contribution in [0.1, 0.15) is 18.7 Å². The van der Waals surface area contributed by atoms with E-state index in [2.05, 4.69) is 10.2 Å². The SMILES string of the molecule is O=C(O)C1CCC(C(=O)N2CCn3cnnc3C2)O1. The molecule has 2 aliphatic rings. The van der Waals surface area contributed by atoms with Crippen molar-refractivity contribution in [1.82, 2.24) is 19.7 Å². The molecule has 2 unspecified atom stereocenters. The molecule has 0 aliphatic carbocycles. The molecule has 0 saturated carbocycles. The van der Waals surface area contributed by atoms with Crippen LogP contribution in [0.4, 0.5) is 0 Å². The van der Waals surface area contributed by atoms with E-state index in [0.717, 1.165) is 5.82 Å². The molecule has 0 radical (unpaired) electrons. The standard InChI is InChI=1S/C11H14N4O4/c16-10(7-1-2-8(19-7)11(17)18)14-3-4-15-6-12-13-9(15)5-14/h6-8H,1-5H2,(H,17,18). The molecule has 8 nitrogen and oxygen atoms in total. The van der Waals surface area contributed by atoms with Gasteiger partial charge >= 0.3 is 5.97 Å². The highest BCUT2D eigenvalue weighted by atomic mass is 16.5. The highest BCUT2D eigenvalue weighted by Crippen LogP contribution is 2.23. The predicted octanol–water partition coefficient (Wildman–Crippen LogP) is -0.748. The number of hydrogen-bond acceptors (Lipinski definition) is 5. The fourth-order valence-electron chi connectivity index (χ4n) is 2.46. The monoisotopic (exact) mass is 266 g/mol. The van der Waals surface area contributed by atoms with Gasteiger partial charge in [0.1, 0.15) is 12.4 Å². The summed E-state index contributed by atoms with van der Waals surface area (Å²) in [5.74, 6) is -0.418. The van der Waals surface area contributed by atoms with Crippen LogP contribution in [0.5, 0.6) is 0 Å². The maximum absolute atomic E-state index is 12.3. The molecule has 102 valence electrons. The van der Waals surface area contributed by atoms with E-state index in [4.69, 9.17) is 9.84 Å². The number of aromatic nitrogens is 3. The van der Waals surface area contributed by atoms with Gasteiger partial charge in [-0.25, -0.2) is 4.79 Å². The molecule has 1 aromatic heterocycles. The van der Waals surface area contributed by atoms with Crippen molar-refractivity contribution < 1.29 is 19.4 Å². The summed E-state index contributed by atoms with van der Waals surface area (Å²) < 4.78 is 7.18. The van der Waals surface area contributed by atoms with Crippen molar-refractivity contribution in [2.24, 2.45) is 0 Å². The first-order valence-corrected chi connectivity index (χ1v) is 6.19. The van der Waals surface area contributed by atoms with Crippen LogP contribution in [0.2, 0.25) is 0 Å². The van der Waals surface area contributed by atoms with Crippen LogP contribution in [0.25, 0.3) is 0 Å². The second kappa shape index (κ2) is 4.61. The number of carbonyl (C=O) groups excluding carboxylic acids is 1. The number of amides is 1. The number of aliphatic carboxylic acids is 1. The molecule has 0 aromatic carbocycles. The second-order valence-electron chi connectivity index (χ2n) is 4.73. The van der Waals surface area contributed by atoms with E-state index in [1.165, 1.54) is 0 Å². The first kappa shape index (κ1) is 12.1. The molecule has 0 bridgehead atoms. The molecule has 1 fully saturated rings. The Kier molecular flexibility index (Phi) is 2.94. The molecule has 3 rings (SSSR count). The number of rotatable bonds is 2. The van der Waals surface area contributed by atoms with Gasteiger partial charge in [-0.3, -0.25) is 4.79 Å². The average molecular weight is 266 g/mol. The lowest BCUT2D eigenvalue weighted by atomic mass is 10.1. The van der Waals surface area contributed by atoms with Gasteiger partial charge in [-0.1, -0.05) is 0 Å². The van der Waals surface area contributed by atoms with Crippen molar-refractivity contribution in [1.29, 1.82) is 0 Å². The molecule has 1 aromatic rings. The summed E-state index contributed by atoms with van der Waals surface area (Å²) in [6, 6.07) is 0. The van der Waals surface area contributed by atoms with Crippen LogP contribution in [0, 0.1) is 0 Å². The number of carboxylic acids is 1. The normalized spacial score (nSPS) is 26.2. The molecule has 2 aliphatic heterocycles. The topological polar surface area (TPSA) is 97.6 Å². The molecular weight excluding hydrogens is 252 g/mol. The summed E-state index contributed by atoms with van der Waals surface area (Å²) in [6.07, 6.45) is 0.983. The maximum Gasteiger partial charge on any atom is 0.332 e. The Labute approximate surface area is 109 Å². The van der Waals surface area contributed by atoms with Crippen molar-refractivity contribution in [3.63, 3.8) is 0 Å². The third-order valence-corrected chi connectivity index (χ3v) is 3.52. The smallest absolute Gasteiger partial charge is 0.332 e. The molecule has 1 N–H and O–H groups in total. The molecule has 3 heterocycles. The van der Waals surface area contributed by atoms with Gasteiger partial charge in [0.2, 0.25) is 0 Å². The molecule has 1 amide bonds. The zero-order chi connectivity index (χ0) is 13.4. The third-order valence-electron chi connectivity index (χ3n) is 3.52. The second-order valence-corrected chi connectivity index (χ2v) is 4.73. The maximum atomic E-state index is 12.3. The molecular formula is C11H14N4O4. The molecule has 0 spiro atoms. The summed E-state index contributed by atoms with van der Waals surface area (Å²) >= 11 is 0.